The highest BCUT2D eigenvalue weighted by Crippen LogP contribution is 2.36. The van der Waals surface area contributed by atoms with Gasteiger partial charge in [0.15, 0.2) is 0 Å². The Morgan fingerprint density at radius 3 is 2.80 bits per heavy atom. The molecule has 130 valence electrons. The van der Waals surface area contributed by atoms with Crippen LogP contribution in [0.4, 0.5) is 5.00 Å². The summed E-state index contributed by atoms with van der Waals surface area (Å²) in [5.74, 6) is -0.197. The Balaban J connectivity index is 1.79. The van der Waals surface area contributed by atoms with Gasteiger partial charge < -0.3 is 10.2 Å². The summed E-state index contributed by atoms with van der Waals surface area (Å²) < 4.78 is 1.64. The van der Waals surface area contributed by atoms with Crippen LogP contribution < -0.4 is 5.32 Å². The van der Waals surface area contributed by atoms with Gasteiger partial charge in [0.05, 0.1) is 17.8 Å². The quantitative estimate of drug-likeness (QED) is 0.909. The summed E-state index contributed by atoms with van der Waals surface area (Å²) in [5.41, 5.74) is 3.24. The second-order valence-corrected chi connectivity index (χ2v) is 7.25. The molecule has 2 aromatic heterocycles. The molecule has 0 saturated carbocycles. The van der Waals surface area contributed by atoms with E-state index in [4.69, 9.17) is 0 Å². The lowest BCUT2D eigenvalue weighted by Gasteiger charge is -2.25. The largest absolute Gasteiger partial charge is 0.337 e. The van der Waals surface area contributed by atoms with Gasteiger partial charge in [-0.05, 0) is 31.9 Å². The summed E-state index contributed by atoms with van der Waals surface area (Å²) in [6.07, 6.45) is 0.641. The fourth-order valence-corrected chi connectivity index (χ4v) is 4.25. The number of aryl methyl sites for hydroxylation is 2. The Morgan fingerprint density at radius 1 is 1.44 bits per heavy atom. The van der Waals surface area contributed by atoms with Crippen molar-refractivity contribution >= 4 is 28.2 Å². The summed E-state index contributed by atoms with van der Waals surface area (Å²) in [7, 11) is 0. The van der Waals surface area contributed by atoms with Crippen LogP contribution >= 0.6 is 11.3 Å². The molecule has 1 aliphatic rings. The van der Waals surface area contributed by atoms with Gasteiger partial charge in [-0.25, -0.2) is 0 Å². The van der Waals surface area contributed by atoms with E-state index in [0.29, 0.717) is 30.1 Å². The number of hydrogen-bond donors (Lipinski definition) is 1. The molecule has 0 atom stereocenters. The van der Waals surface area contributed by atoms with Crippen molar-refractivity contribution in [2.24, 2.45) is 0 Å². The minimum absolute atomic E-state index is 0.0210. The number of hydrogen-bond acceptors (Lipinski definition) is 5. The van der Waals surface area contributed by atoms with E-state index in [1.54, 1.807) is 16.5 Å². The van der Waals surface area contributed by atoms with Crippen LogP contribution in [-0.4, -0.2) is 33.0 Å². The van der Waals surface area contributed by atoms with Crippen LogP contribution in [0.2, 0.25) is 0 Å². The molecular weight excluding hydrogens is 338 g/mol. The summed E-state index contributed by atoms with van der Waals surface area (Å²) in [4.78, 5) is 26.7. The first-order chi connectivity index (χ1) is 11.9. The third-order valence-electron chi connectivity index (χ3n) is 4.26. The second kappa shape index (κ2) is 6.69. The fraction of sp³-hybridized carbons (Fsp3) is 0.412. The van der Waals surface area contributed by atoms with Crippen molar-refractivity contribution in [3.63, 3.8) is 0 Å². The summed E-state index contributed by atoms with van der Waals surface area (Å²) >= 11 is 1.38. The maximum absolute atomic E-state index is 12.4. The highest BCUT2D eigenvalue weighted by molar-refractivity contribution is 7.16. The van der Waals surface area contributed by atoms with Crippen molar-refractivity contribution < 1.29 is 9.59 Å². The summed E-state index contributed by atoms with van der Waals surface area (Å²) in [5, 5.41) is 17.2. The van der Waals surface area contributed by atoms with E-state index in [1.165, 1.54) is 11.3 Å². The van der Waals surface area contributed by atoms with Gasteiger partial charge >= 0.3 is 0 Å². The molecule has 1 aliphatic heterocycles. The first-order valence-corrected chi connectivity index (χ1v) is 8.81. The van der Waals surface area contributed by atoms with Crippen LogP contribution in [0.1, 0.15) is 34.3 Å². The molecule has 25 heavy (non-hydrogen) atoms. The standard InChI is InChI=1S/C17H19N5O2S/c1-10-6-11(2)22(20-10)9-16(24)19-17-14(7-18)13-4-5-21(12(3)23)8-15(13)25-17/h6H,4-5,8-9H2,1-3H3,(H,19,24). The highest BCUT2D eigenvalue weighted by Gasteiger charge is 2.26. The van der Waals surface area contributed by atoms with Crippen LogP contribution in [0.15, 0.2) is 6.07 Å². The van der Waals surface area contributed by atoms with Crippen LogP contribution in [0.25, 0.3) is 0 Å². The van der Waals surface area contributed by atoms with E-state index in [2.05, 4.69) is 16.5 Å². The molecule has 0 saturated heterocycles. The van der Waals surface area contributed by atoms with Crippen molar-refractivity contribution in [2.45, 2.75) is 40.3 Å². The molecule has 0 aromatic carbocycles. The van der Waals surface area contributed by atoms with Crippen molar-refractivity contribution in [3.05, 3.63) is 33.5 Å². The second-order valence-electron chi connectivity index (χ2n) is 6.14. The SMILES string of the molecule is CC(=O)N1CCc2c(sc(NC(=O)Cn3nc(C)cc3C)c2C#N)C1. The van der Waals surface area contributed by atoms with E-state index >= 15 is 0 Å². The molecule has 1 N–H and O–H groups in total. The Bertz CT molecular complexity index is 890. The van der Waals surface area contributed by atoms with Gasteiger partial charge in [0, 0.05) is 24.0 Å². The summed E-state index contributed by atoms with van der Waals surface area (Å²) in [6.45, 7) is 6.52. The molecule has 3 heterocycles. The number of rotatable bonds is 3. The van der Waals surface area contributed by atoms with E-state index in [1.807, 2.05) is 19.9 Å². The Hall–Kier alpha value is -2.66. The highest BCUT2D eigenvalue weighted by atomic mass is 32.1. The molecule has 0 bridgehead atoms. The monoisotopic (exact) mass is 357 g/mol. The smallest absolute Gasteiger partial charge is 0.246 e. The first kappa shape index (κ1) is 17.2. The van der Waals surface area contributed by atoms with Gasteiger partial charge in [-0.1, -0.05) is 0 Å². The molecule has 8 heteroatoms. The van der Waals surface area contributed by atoms with Gasteiger partial charge in [-0.15, -0.1) is 11.3 Å². The summed E-state index contributed by atoms with van der Waals surface area (Å²) in [6, 6.07) is 4.11. The Kier molecular flexibility index (Phi) is 4.59. The van der Waals surface area contributed by atoms with E-state index in [-0.39, 0.29) is 18.4 Å². The third-order valence-corrected chi connectivity index (χ3v) is 5.40. The van der Waals surface area contributed by atoms with E-state index in [9.17, 15) is 14.9 Å². The van der Waals surface area contributed by atoms with Gasteiger partial charge in [-0.2, -0.15) is 10.4 Å². The fourth-order valence-electron chi connectivity index (χ4n) is 3.02. The molecular formula is C17H19N5O2S. The number of nitrogens with one attached hydrogen (secondary N) is 1. The number of nitriles is 1. The normalized spacial score (nSPS) is 13.3. The van der Waals surface area contributed by atoms with Gasteiger partial charge in [0.25, 0.3) is 0 Å². The lowest BCUT2D eigenvalue weighted by Crippen LogP contribution is -2.33. The van der Waals surface area contributed by atoms with Gasteiger partial charge in [-0.3, -0.25) is 14.3 Å². The van der Waals surface area contributed by atoms with Crippen molar-refractivity contribution in [3.8, 4) is 6.07 Å². The molecule has 2 aromatic rings. The van der Waals surface area contributed by atoms with Crippen molar-refractivity contribution in [2.75, 3.05) is 11.9 Å². The number of anilines is 1. The predicted molar refractivity (Wildman–Crippen MR) is 94.2 cm³/mol. The van der Waals surface area contributed by atoms with E-state index in [0.717, 1.165) is 21.8 Å². The molecule has 0 unspecified atom stereocenters. The molecule has 0 aliphatic carbocycles. The maximum atomic E-state index is 12.4. The zero-order chi connectivity index (χ0) is 18.1. The molecule has 3 rings (SSSR count). The molecule has 0 fully saturated rings. The number of carbonyl (C=O) groups is 2. The number of fused-ring (bicyclic) bond motifs is 1. The molecule has 0 spiro atoms. The van der Waals surface area contributed by atoms with Gasteiger partial charge in [0.1, 0.15) is 17.6 Å². The average Bonchev–Trinajstić information content (AvgIpc) is 3.04. The number of thiophene rings is 1. The minimum atomic E-state index is -0.218. The molecule has 7 nitrogen and oxygen atoms in total. The van der Waals surface area contributed by atoms with Crippen LogP contribution in [0.5, 0.6) is 0 Å². The lowest BCUT2D eigenvalue weighted by atomic mass is 10.0. The number of aromatic nitrogens is 2. The zero-order valence-corrected chi connectivity index (χ0v) is 15.2. The number of carbonyl (C=O) groups excluding carboxylic acids is 2. The topological polar surface area (TPSA) is 91.0 Å². The van der Waals surface area contributed by atoms with Crippen molar-refractivity contribution in [1.29, 1.82) is 5.26 Å². The first-order valence-electron chi connectivity index (χ1n) is 8.00. The van der Waals surface area contributed by atoms with Crippen molar-refractivity contribution in [1.82, 2.24) is 14.7 Å². The van der Waals surface area contributed by atoms with Gasteiger partial charge in [0.2, 0.25) is 11.8 Å². The van der Waals surface area contributed by atoms with Crippen LogP contribution in [-0.2, 0) is 29.1 Å². The number of nitrogens with zero attached hydrogens (tertiary/aromatic N) is 4. The predicted octanol–water partition coefficient (Wildman–Crippen LogP) is 1.98. The Morgan fingerprint density at radius 2 is 2.20 bits per heavy atom. The molecule has 2 amide bonds. The maximum Gasteiger partial charge on any atom is 0.246 e. The number of amides is 2. The van der Waals surface area contributed by atoms with Crippen LogP contribution in [0, 0.1) is 25.2 Å². The average molecular weight is 357 g/mol. The third kappa shape index (κ3) is 3.42. The minimum Gasteiger partial charge on any atom is -0.337 e. The molecule has 0 radical (unpaired) electrons. The van der Waals surface area contributed by atoms with E-state index < -0.39 is 0 Å². The zero-order valence-electron chi connectivity index (χ0n) is 14.4. The lowest BCUT2D eigenvalue weighted by molar-refractivity contribution is -0.129. The Labute approximate surface area is 149 Å². The van der Waals surface area contributed by atoms with Crippen LogP contribution in [0.3, 0.4) is 0 Å².